The smallest absolute Gasteiger partial charge is 0.136 e. The van der Waals surface area contributed by atoms with E-state index in [4.69, 9.17) is 4.42 Å². The number of rotatable bonds is 6. The Bertz CT molecular complexity index is 2810. The molecular formula is C48H32N2O. The molecule has 0 spiro atoms. The van der Waals surface area contributed by atoms with Crippen LogP contribution in [0.1, 0.15) is 0 Å². The molecule has 240 valence electrons. The van der Waals surface area contributed by atoms with Crippen LogP contribution in [-0.4, -0.2) is 4.57 Å². The lowest BCUT2D eigenvalue weighted by atomic mass is 9.99. The van der Waals surface area contributed by atoms with Crippen LogP contribution in [0.3, 0.4) is 0 Å². The van der Waals surface area contributed by atoms with E-state index in [-0.39, 0.29) is 0 Å². The average Bonchev–Trinajstić information content (AvgIpc) is 3.74. The summed E-state index contributed by atoms with van der Waals surface area (Å²) >= 11 is 0. The topological polar surface area (TPSA) is 21.3 Å². The Morgan fingerprint density at radius 1 is 0.373 bits per heavy atom. The van der Waals surface area contributed by atoms with E-state index in [1.54, 1.807) is 0 Å². The fraction of sp³-hybridized carbons (Fsp3) is 0. The minimum atomic E-state index is 0.890. The van der Waals surface area contributed by atoms with Gasteiger partial charge in [0.05, 0.1) is 22.4 Å². The monoisotopic (exact) mass is 652 g/mol. The van der Waals surface area contributed by atoms with Crippen LogP contribution in [0, 0.1) is 0 Å². The highest BCUT2D eigenvalue weighted by atomic mass is 16.3. The van der Waals surface area contributed by atoms with Gasteiger partial charge in [0.15, 0.2) is 0 Å². The molecule has 0 saturated heterocycles. The second-order valence-electron chi connectivity index (χ2n) is 12.9. The highest BCUT2D eigenvalue weighted by molar-refractivity contribution is 6.10. The van der Waals surface area contributed by atoms with Crippen LogP contribution in [0.15, 0.2) is 199 Å². The van der Waals surface area contributed by atoms with E-state index in [0.717, 1.165) is 61.4 Å². The van der Waals surface area contributed by atoms with Crippen molar-refractivity contribution in [2.75, 3.05) is 4.90 Å². The minimum Gasteiger partial charge on any atom is -0.456 e. The predicted octanol–water partition coefficient (Wildman–Crippen LogP) is 13.5. The number of aromatic nitrogens is 1. The highest BCUT2D eigenvalue weighted by Gasteiger charge is 2.19. The molecule has 3 heteroatoms. The van der Waals surface area contributed by atoms with Gasteiger partial charge in [0.25, 0.3) is 0 Å². The fourth-order valence-electron chi connectivity index (χ4n) is 7.70. The van der Waals surface area contributed by atoms with Crippen LogP contribution in [-0.2, 0) is 0 Å². The van der Waals surface area contributed by atoms with Gasteiger partial charge in [-0.25, -0.2) is 0 Å². The molecule has 2 heterocycles. The van der Waals surface area contributed by atoms with Crippen LogP contribution in [0.5, 0.6) is 0 Å². The number of para-hydroxylation sites is 6. The summed E-state index contributed by atoms with van der Waals surface area (Å²) < 4.78 is 8.71. The third-order valence-electron chi connectivity index (χ3n) is 10.0. The van der Waals surface area contributed by atoms with Gasteiger partial charge in [-0.2, -0.15) is 0 Å². The van der Waals surface area contributed by atoms with E-state index < -0.39 is 0 Å². The number of fused-ring (bicyclic) bond motifs is 6. The Morgan fingerprint density at radius 3 is 1.69 bits per heavy atom. The lowest BCUT2D eigenvalue weighted by Crippen LogP contribution is -2.11. The van der Waals surface area contributed by atoms with E-state index >= 15 is 0 Å². The standard InChI is InChI=1S/C48H32N2O/c1-2-14-35(15-3-1)49(43-21-9-5-17-38(43)34-28-31-42-41-20-8-13-25-47(41)51-48(42)32-34)36-29-26-33(27-30-36)37-16-4-10-22-44(37)50-45-23-11-6-18-39(45)40-19-7-12-24-46(40)50/h1-32H. The molecule has 2 aromatic heterocycles. The van der Waals surface area contributed by atoms with Crippen LogP contribution in [0.4, 0.5) is 17.1 Å². The van der Waals surface area contributed by atoms with Crippen LogP contribution in [0.2, 0.25) is 0 Å². The normalized spacial score (nSPS) is 11.5. The van der Waals surface area contributed by atoms with Crippen molar-refractivity contribution in [3.05, 3.63) is 194 Å². The van der Waals surface area contributed by atoms with Gasteiger partial charge < -0.3 is 13.9 Å². The lowest BCUT2D eigenvalue weighted by Gasteiger charge is -2.28. The largest absolute Gasteiger partial charge is 0.456 e. The first kappa shape index (κ1) is 29.1. The summed E-state index contributed by atoms with van der Waals surface area (Å²) in [6.07, 6.45) is 0. The van der Waals surface area contributed by atoms with Gasteiger partial charge in [0.2, 0.25) is 0 Å². The summed E-state index contributed by atoms with van der Waals surface area (Å²) in [5.41, 5.74) is 13.2. The molecule has 0 aliphatic carbocycles. The molecule has 3 nitrogen and oxygen atoms in total. The van der Waals surface area contributed by atoms with Gasteiger partial charge in [-0.1, -0.05) is 127 Å². The van der Waals surface area contributed by atoms with Crippen LogP contribution in [0.25, 0.3) is 71.7 Å². The molecule has 0 radical (unpaired) electrons. The van der Waals surface area contributed by atoms with Crippen LogP contribution >= 0.6 is 0 Å². The van der Waals surface area contributed by atoms with Crippen molar-refractivity contribution in [2.45, 2.75) is 0 Å². The Balaban J connectivity index is 1.10. The van der Waals surface area contributed by atoms with Crippen molar-refractivity contribution < 1.29 is 4.42 Å². The molecule has 0 aliphatic heterocycles. The Hall–Kier alpha value is -6.84. The zero-order valence-corrected chi connectivity index (χ0v) is 27.8. The molecule has 0 atom stereocenters. The summed E-state index contributed by atoms with van der Waals surface area (Å²) in [4.78, 5) is 2.35. The number of benzene rings is 8. The summed E-state index contributed by atoms with van der Waals surface area (Å²) in [6, 6.07) is 69.1. The van der Waals surface area contributed by atoms with Gasteiger partial charge in [0.1, 0.15) is 11.2 Å². The molecule has 10 rings (SSSR count). The molecule has 8 aromatic carbocycles. The molecule has 0 bridgehead atoms. The van der Waals surface area contributed by atoms with Crippen molar-refractivity contribution in [2.24, 2.45) is 0 Å². The first-order valence-corrected chi connectivity index (χ1v) is 17.4. The molecule has 0 N–H and O–H groups in total. The first-order valence-electron chi connectivity index (χ1n) is 17.4. The summed E-state index contributed by atoms with van der Waals surface area (Å²) in [5, 5.41) is 4.78. The first-order chi connectivity index (χ1) is 25.3. The fourth-order valence-corrected chi connectivity index (χ4v) is 7.70. The zero-order valence-electron chi connectivity index (χ0n) is 27.8. The maximum Gasteiger partial charge on any atom is 0.136 e. The van der Waals surface area contributed by atoms with Crippen molar-refractivity contribution in [3.8, 4) is 27.9 Å². The van der Waals surface area contributed by atoms with E-state index in [9.17, 15) is 0 Å². The molecular weight excluding hydrogens is 621 g/mol. The SMILES string of the molecule is c1ccc(N(c2ccc(-c3ccccc3-n3c4ccccc4c4ccccc43)cc2)c2ccccc2-c2ccc3c(c2)oc2ccccc23)cc1. The second-order valence-corrected chi connectivity index (χ2v) is 12.9. The van der Waals surface area contributed by atoms with Gasteiger partial charge in [-0.15, -0.1) is 0 Å². The molecule has 0 fully saturated rings. The Labute approximate surface area is 295 Å². The van der Waals surface area contributed by atoms with E-state index in [1.807, 2.05) is 12.1 Å². The summed E-state index contributed by atoms with van der Waals surface area (Å²) in [6.45, 7) is 0. The maximum absolute atomic E-state index is 6.31. The van der Waals surface area contributed by atoms with Gasteiger partial charge in [-0.05, 0) is 77.9 Å². The molecule has 51 heavy (non-hydrogen) atoms. The molecule has 0 amide bonds. The summed E-state index contributed by atoms with van der Waals surface area (Å²) in [7, 11) is 0. The van der Waals surface area contributed by atoms with Crippen molar-refractivity contribution in [3.63, 3.8) is 0 Å². The molecule has 0 saturated carbocycles. The van der Waals surface area contributed by atoms with E-state index in [1.165, 1.54) is 27.4 Å². The van der Waals surface area contributed by atoms with Crippen molar-refractivity contribution >= 4 is 60.8 Å². The molecule has 0 unspecified atom stereocenters. The van der Waals surface area contributed by atoms with Crippen LogP contribution < -0.4 is 4.90 Å². The number of hydrogen-bond donors (Lipinski definition) is 0. The number of hydrogen-bond acceptors (Lipinski definition) is 2. The number of anilines is 3. The molecule has 0 aliphatic rings. The number of furan rings is 1. The quantitative estimate of drug-likeness (QED) is 0.178. The highest BCUT2D eigenvalue weighted by Crippen LogP contribution is 2.43. The zero-order chi connectivity index (χ0) is 33.7. The third kappa shape index (κ3) is 4.82. The lowest BCUT2D eigenvalue weighted by molar-refractivity contribution is 0.669. The minimum absolute atomic E-state index is 0.890. The second kappa shape index (κ2) is 11.9. The van der Waals surface area contributed by atoms with Crippen molar-refractivity contribution in [1.29, 1.82) is 0 Å². The molecule has 10 aromatic rings. The number of nitrogens with zero attached hydrogens (tertiary/aromatic N) is 2. The Morgan fingerprint density at radius 2 is 0.922 bits per heavy atom. The van der Waals surface area contributed by atoms with Gasteiger partial charge >= 0.3 is 0 Å². The Kier molecular flexibility index (Phi) is 6.81. The summed E-state index contributed by atoms with van der Waals surface area (Å²) in [5.74, 6) is 0. The average molecular weight is 653 g/mol. The van der Waals surface area contributed by atoms with Gasteiger partial charge in [0, 0.05) is 44.0 Å². The third-order valence-corrected chi connectivity index (χ3v) is 10.0. The maximum atomic E-state index is 6.31. The van der Waals surface area contributed by atoms with Gasteiger partial charge in [-0.3, -0.25) is 0 Å². The van der Waals surface area contributed by atoms with E-state index in [0.29, 0.717) is 0 Å². The van der Waals surface area contributed by atoms with E-state index in [2.05, 4.69) is 191 Å². The predicted molar refractivity (Wildman–Crippen MR) is 214 cm³/mol. The van der Waals surface area contributed by atoms with Crippen molar-refractivity contribution in [1.82, 2.24) is 4.57 Å².